The number of hydrogen-bond donors (Lipinski definition) is 0. The van der Waals surface area contributed by atoms with E-state index >= 15 is 0 Å². The molecule has 0 unspecified atom stereocenters. The number of benzene rings is 2. The van der Waals surface area contributed by atoms with Crippen molar-refractivity contribution in [3.05, 3.63) is 59.7 Å². The van der Waals surface area contributed by atoms with E-state index < -0.39 is 0 Å². The van der Waals surface area contributed by atoms with E-state index in [1.807, 2.05) is 0 Å². The van der Waals surface area contributed by atoms with E-state index in [2.05, 4.69) is 72.3 Å². The Morgan fingerprint density at radius 3 is 2.48 bits per heavy atom. The van der Waals surface area contributed by atoms with E-state index in [1.54, 1.807) is 0 Å². The molecule has 2 aromatic rings. The van der Waals surface area contributed by atoms with Gasteiger partial charge in [0, 0.05) is 43.5 Å². The van der Waals surface area contributed by atoms with Crippen molar-refractivity contribution in [1.29, 1.82) is 0 Å². The van der Waals surface area contributed by atoms with Gasteiger partial charge in [-0.1, -0.05) is 31.2 Å². The fourth-order valence-electron chi connectivity index (χ4n) is 3.83. The van der Waals surface area contributed by atoms with Crippen LogP contribution in [0.3, 0.4) is 0 Å². The van der Waals surface area contributed by atoms with Crippen LogP contribution < -0.4 is 4.90 Å². The molecule has 0 N–H and O–H groups in total. The quantitative estimate of drug-likeness (QED) is 0.811. The van der Waals surface area contributed by atoms with E-state index in [0.29, 0.717) is 5.41 Å². The molecular formula is C21H27ClN2O. The number of ether oxygens (including phenoxy) is 1. The topological polar surface area (TPSA) is 15.7 Å². The fourth-order valence-corrected chi connectivity index (χ4v) is 3.83. The lowest BCUT2D eigenvalue weighted by atomic mass is 9.87. The highest BCUT2D eigenvalue weighted by Gasteiger charge is 2.35. The van der Waals surface area contributed by atoms with Crippen LogP contribution in [0.1, 0.15) is 18.1 Å². The summed E-state index contributed by atoms with van der Waals surface area (Å²) < 4.78 is 5.42. The van der Waals surface area contributed by atoms with Crippen molar-refractivity contribution in [2.45, 2.75) is 19.9 Å². The molecule has 0 amide bonds. The Hall–Kier alpha value is -1.55. The summed E-state index contributed by atoms with van der Waals surface area (Å²) in [5.74, 6) is 0. The van der Waals surface area contributed by atoms with E-state index in [1.165, 1.54) is 22.5 Å². The summed E-state index contributed by atoms with van der Waals surface area (Å²) in [7, 11) is 2.14. The molecule has 0 bridgehead atoms. The maximum absolute atomic E-state index is 5.42. The average molecular weight is 359 g/mol. The van der Waals surface area contributed by atoms with Crippen molar-refractivity contribution in [2.75, 3.05) is 38.3 Å². The van der Waals surface area contributed by atoms with Crippen LogP contribution in [-0.4, -0.2) is 38.3 Å². The summed E-state index contributed by atoms with van der Waals surface area (Å²) in [5, 5.41) is 0. The molecule has 0 saturated carbocycles. The van der Waals surface area contributed by atoms with Crippen molar-refractivity contribution in [3.63, 3.8) is 0 Å². The SMILES string of the molecule is CN(c1ccccc1)c1ccc2c(c1)CN(CC1(C)COC1)CC2.Cl. The van der Waals surface area contributed by atoms with Gasteiger partial charge in [-0.2, -0.15) is 0 Å². The standard InChI is InChI=1S/C21H26N2O.ClH/c1-21(15-24-16-21)14-23-11-10-17-8-9-20(12-18(17)13-23)22(2)19-6-4-3-5-7-19;/h3-9,12H,10-11,13-16H2,1-2H3;1H. The van der Waals surface area contributed by atoms with Gasteiger partial charge in [-0.15, -0.1) is 12.4 Å². The van der Waals surface area contributed by atoms with Gasteiger partial charge in [0.25, 0.3) is 0 Å². The second-order valence-electron chi connectivity index (χ2n) is 7.61. The number of anilines is 2. The second kappa shape index (κ2) is 7.36. The zero-order chi connectivity index (χ0) is 16.6. The van der Waals surface area contributed by atoms with Crippen LogP contribution in [0.5, 0.6) is 0 Å². The van der Waals surface area contributed by atoms with Gasteiger partial charge in [-0.05, 0) is 41.8 Å². The van der Waals surface area contributed by atoms with Crippen molar-refractivity contribution >= 4 is 23.8 Å². The van der Waals surface area contributed by atoms with Crippen LogP contribution in [0, 0.1) is 5.41 Å². The van der Waals surface area contributed by atoms with Gasteiger partial charge in [-0.25, -0.2) is 0 Å². The Balaban J connectivity index is 0.00000182. The molecule has 134 valence electrons. The van der Waals surface area contributed by atoms with Gasteiger partial charge in [0.2, 0.25) is 0 Å². The van der Waals surface area contributed by atoms with Gasteiger partial charge in [0.15, 0.2) is 0 Å². The zero-order valence-electron chi connectivity index (χ0n) is 15.1. The smallest absolute Gasteiger partial charge is 0.0554 e. The normalized spacial score (nSPS) is 18.6. The zero-order valence-corrected chi connectivity index (χ0v) is 15.9. The third kappa shape index (κ3) is 3.84. The Labute approximate surface area is 157 Å². The molecule has 0 spiro atoms. The molecule has 4 heteroatoms. The summed E-state index contributed by atoms with van der Waals surface area (Å²) >= 11 is 0. The number of hydrogen-bond acceptors (Lipinski definition) is 3. The van der Waals surface area contributed by atoms with Crippen LogP contribution in [0.4, 0.5) is 11.4 Å². The first kappa shape index (κ1) is 18.2. The van der Waals surface area contributed by atoms with Gasteiger partial charge in [0.05, 0.1) is 13.2 Å². The number of halogens is 1. The van der Waals surface area contributed by atoms with Crippen LogP contribution >= 0.6 is 12.4 Å². The molecule has 2 aliphatic heterocycles. The first-order chi connectivity index (χ1) is 11.6. The first-order valence-corrected chi connectivity index (χ1v) is 8.84. The van der Waals surface area contributed by atoms with Crippen molar-refractivity contribution in [2.24, 2.45) is 5.41 Å². The first-order valence-electron chi connectivity index (χ1n) is 8.84. The number of fused-ring (bicyclic) bond motifs is 1. The lowest BCUT2D eigenvalue weighted by Crippen LogP contribution is -2.49. The van der Waals surface area contributed by atoms with Crippen LogP contribution in [0.2, 0.25) is 0 Å². The molecule has 0 radical (unpaired) electrons. The summed E-state index contributed by atoms with van der Waals surface area (Å²) in [6.07, 6.45) is 1.15. The Kier molecular flexibility index (Phi) is 5.38. The molecule has 1 saturated heterocycles. The second-order valence-corrected chi connectivity index (χ2v) is 7.61. The predicted molar refractivity (Wildman–Crippen MR) is 106 cm³/mol. The third-order valence-corrected chi connectivity index (χ3v) is 5.32. The molecule has 25 heavy (non-hydrogen) atoms. The van der Waals surface area contributed by atoms with E-state index in [-0.39, 0.29) is 12.4 Å². The number of rotatable bonds is 4. The van der Waals surface area contributed by atoms with Gasteiger partial charge < -0.3 is 9.64 Å². The molecule has 2 aliphatic rings. The molecule has 2 heterocycles. The lowest BCUT2D eigenvalue weighted by Gasteiger charge is -2.43. The molecule has 0 aromatic heterocycles. The minimum atomic E-state index is 0. The third-order valence-electron chi connectivity index (χ3n) is 5.32. The molecule has 2 aromatic carbocycles. The highest BCUT2D eigenvalue weighted by atomic mass is 35.5. The van der Waals surface area contributed by atoms with E-state index in [4.69, 9.17) is 4.74 Å². The van der Waals surface area contributed by atoms with E-state index in [0.717, 1.165) is 39.3 Å². The van der Waals surface area contributed by atoms with Gasteiger partial charge in [-0.3, -0.25) is 4.90 Å². The van der Waals surface area contributed by atoms with Crippen molar-refractivity contribution < 1.29 is 4.74 Å². The summed E-state index contributed by atoms with van der Waals surface area (Å²) in [6.45, 7) is 7.52. The highest BCUT2D eigenvalue weighted by Crippen LogP contribution is 2.32. The molecular weight excluding hydrogens is 332 g/mol. The number of para-hydroxylation sites is 1. The minimum absolute atomic E-state index is 0. The van der Waals surface area contributed by atoms with Gasteiger partial charge >= 0.3 is 0 Å². The Morgan fingerprint density at radius 2 is 1.80 bits per heavy atom. The van der Waals surface area contributed by atoms with E-state index in [9.17, 15) is 0 Å². The monoisotopic (exact) mass is 358 g/mol. The summed E-state index contributed by atoms with van der Waals surface area (Å²) in [4.78, 5) is 4.86. The predicted octanol–water partition coefficient (Wildman–Crippen LogP) is 4.27. The molecule has 3 nitrogen and oxygen atoms in total. The average Bonchev–Trinajstić information content (AvgIpc) is 2.60. The van der Waals surface area contributed by atoms with Crippen LogP contribution in [-0.2, 0) is 17.7 Å². The van der Waals surface area contributed by atoms with Gasteiger partial charge in [0.1, 0.15) is 0 Å². The Morgan fingerprint density at radius 1 is 1.04 bits per heavy atom. The summed E-state index contributed by atoms with van der Waals surface area (Å²) in [6, 6.07) is 17.5. The van der Waals surface area contributed by atoms with Crippen LogP contribution in [0.15, 0.2) is 48.5 Å². The highest BCUT2D eigenvalue weighted by molar-refractivity contribution is 5.85. The molecule has 4 rings (SSSR count). The number of nitrogens with zero attached hydrogens (tertiary/aromatic N) is 2. The van der Waals surface area contributed by atoms with Crippen molar-refractivity contribution in [1.82, 2.24) is 4.90 Å². The molecule has 0 atom stereocenters. The Bertz CT molecular complexity index is 715. The minimum Gasteiger partial charge on any atom is -0.380 e. The molecule has 0 aliphatic carbocycles. The summed E-state index contributed by atoms with van der Waals surface area (Å²) in [5.41, 5.74) is 5.83. The lowest BCUT2D eigenvalue weighted by molar-refractivity contribution is -0.116. The van der Waals surface area contributed by atoms with Crippen molar-refractivity contribution in [3.8, 4) is 0 Å². The van der Waals surface area contributed by atoms with Crippen LogP contribution in [0.25, 0.3) is 0 Å². The fraction of sp³-hybridized carbons (Fsp3) is 0.429. The molecule has 1 fully saturated rings. The maximum Gasteiger partial charge on any atom is 0.0554 e. The maximum atomic E-state index is 5.42. The largest absolute Gasteiger partial charge is 0.380 e.